The van der Waals surface area contributed by atoms with E-state index in [2.05, 4.69) is 10.6 Å². The first-order chi connectivity index (χ1) is 8.08. The molecule has 1 unspecified atom stereocenters. The van der Waals surface area contributed by atoms with Gasteiger partial charge < -0.3 is 25.5 Å². The van der Waals surface area contributed by atoms with Gasteiger partial charge in [-0.05, 0) is 0 Å². The average molecular weight is 242 g/mol. The molecule has 0 radical (unpaired) electrons. The second-order valence-electron chi connectivity index (χ2n) is 4.03. The van der Waals surface area contributed by atoms with E-state index in [-0.39, 0.29) is 18.6 Å². The van der Waals surface area contributed by atoms with Crippen molar-refractivity contribution in [3.63, 3.8) is 0 Å². The summed E-state index contributed by atoms with van der Waals surface area (Å²) in [7, 11) is 0. The fraction of sp³-hybridized carbons (Fsp3) is 0.667. The Bertz CT molecular complexity index is 359. The molecule has 4 amide bonds. The van der Waals surface area contributed by atoms with Crippen LogP contribution in [0.5, 0.6) is 0 Å². The molecular weight excluding hydrogens is 228 g/mol. The molecule has 3 N–H and O–H groups in total. The summed E-state index contributed by atoms with van der Waals surface area (Å²) in [5, 5.41) is 13.5. The lowest BCUT2D eigenvalue weighted by Gasteiger charge is -2.36. The average Bonchev–Trinajstić information content (AvgIpc) is 2.67. The summed E-state index contributed by atoms with van der Waals surface area (Å²) in [5.74, 6) is -1.07. The number of hydrogen-bond donors (Lipinski definition) is 3. The third-order valence-electron chi connectivity index (χ3n) is 2.91. The maximum absolute atomic E-state index is 11.6. The zero-order chi connectivity index (χ0) is 12.4. The lowest BCUT2D eigenvalue weighted by atomic mass is 10.2. The van der Waals surface area contributed by atoms with Gasteiger partial charge in [0.05, 0.1) is 6.04 Å². The molecule has 8 nitrogen and oxygen atoms in total. The highest BCUT2D eigenvalue weighted by atomic mass is 16.4. The number of carboxylic acids is 1. The molecule has 0 bridgehead atoms. The Morgan fingerprint density at radius 1 is 1.47 bits per heavy atom. The smallest absolute Gasteiger partial charge is 0.323 e. The fourth-order valence-corrected chi connectivity index (χ4v) is 2.05. The summed E-state index contributed by atoms with van der Waals surface area (Å²) in [4.78, 5) is 36.5. The van der Waals surface area contributed by atoms with Gasteiger partial charge in [-0.15, -0.1) is 0 Å². The van der Waals surface area contributed by atoms with E-state index in [4.69, 9.17) is 5.11 Å². The van der Waals surface area contributed by atoms with Gasteiger partial charge in [0.1, 0.15) is 6.54 Å². The lowest BCUT2D eigenvalue weighted by Crippen LogP contribution is -2.56. The molecule has 2 fully saturated rings. The summed E-state index contributed by atoms with van der Waals surface area (Å²) in [6.45, 7) is 1.49. The van der Waals surface area contributed by atoms with Crippen LogP contribution in [0, 0.1) is 0 Å². The van der Waals surface area contributed by atoms with Gasteiger partial charge in [0.2, 0.25) is 0 Å². The molecule has 17 heavy (non-hydrogen) atoms. The summed E-state index contributed by atoms with van der Waals surface area (Å²) >= 11 is 0. The highest BCUT2D eigenvalue weighted by molar-refractivity contribution is 5.81. The number of piperazine rings is 1. The number of nitrogens with zero attached hydrogens (tertiary/aromatic N) is 2. The maximum atomic E-state index is 11.6. The Labute approximate surface area is 97.5 Å². The molecule has 0 saturated carbocycles. The van der Waals surface area contributed by atoms with Crippen LogP contribution in [0.1, 0.15) is 0 Å². The molecule has 0 aromatic heterocycles. The number of nitrogens with one attached hydrogen (secondary N) is 2. The highest BCUT2D eigenvalue weighted by Crippen LogP contribution is 2.13. The van der Waals surface area contributed by atoms with Gasteiger partial charge >= 0.3 is 18.0 Å². The van der Waals surface area contributed by atoms with E-state index in [1.807, 2.05) is 0 Å². The third-order valence-corrected chi connectivity index (χ3v) is 2.91. The van der Waals surface area contributed by atoms with Crippen molar-refractivity contribution in [1.82, 2.24) is 20.4 Å². The Kier molecular flexibility index (Phi) is 3.03. The van der Waals surface area contributed by atoms with Gasteiger partial charge in [0.15, 0.2) is 0 Å². The van der Waals surface area contributed by atoms with E-state index < -0.39 is 12.0 Å². The van der Waals surface area contributed by atoms with Crippen LogP contribution in [0.4, 0.5) is 9.59 Å². The molecule has 0 aliphatic carbocycles. The molecule has 2 rings (SSSR count). The van der Waals surface area contributed by atoms with Gasteiger partial charge in [-0.1, -0.05) is 0 Å². The van der Waals surface area contributed by atoms with E-state index >= 15 is 0 Å². The normalized spacial score (nSPS) is 23.1. The van der Waals surface area contributed by atoms with Crippen molar-refractivity contribution in [2.24, 2.45) is 0 Å². The van der Waals surface area contributed by atoms with Crippen LogP contribution < -0.4 is 10.6 Å². The van der Waals surface area contributed by atoms with Crippen molar-refractivity contribution in [2.75, 3.05) is 32.7 Å². The maximum Gasteiger partial charge on any atom is 0.323 e. The molecule has 2 aliphatic heterocycles. The molecule has 2 saturated heterocycles. The number of amides is 4. The van der Waals surface area contributed by atoms with Crippen molar-refractivity contribution in [2.45, 2.75) is 6.04 Å². The van der Waals surface area contributed by atoms with Crippen LogP contribution in [0.15, 0.2) is 0 Å². The molecule has 8 heteroatoms. The van der Waals surface area contributed by atoms with E-state index in [1.165, 1.54) is 4.90 Å². The number of urea groups is 2. The second-order valence-corrected chi connectivity index (χ2v) is 4.03. The second kappa shape index (κ2) is 4.48. The summed E-state index contributed by atoms with van der Waals surface area (Å²) < 4.78 is 0. The standard InChI is InChI=1S/C9H14N4O4/c14-7(15)4-11-8(16)12-1-2-13-6(5-12)3-10-9(13)17/h6H,1-5H2,(H,10,17)(H,11,16)(H,14,15). The van der Waals surface area contributed by atoms with E-state index in [9.17, 15) is 14.4 Å². The highest BCUT2D eigenvalue weighted by Gasteiger charge is 2.36. The van der Waals surface area contributed by atoms with E-state index in [0.717, 1.165) is 0 Å². The van der Waals surface area contributed by atoms with Crippen LogP contribution >= 0.6 is 0 Å². The van der Waals surface area contributed by atoms with Gasteiger partial charge in [0.25, 0.3) is 0 Å². The predicted octanol–water partition coefficient (Wildman–Crippen LogP) is -1.51. The van der Waals surface area contributed by atoms with Gasteiger partial charge in [-0.2, -0.15) is 0 Å². The Hall–Kier alpha value is -1.99. The van der Waals surface area contributed by atoms with E-state index in [0.29, 0.717) is 26.2 Å². The zero-order valence-electron chi connectivity index (χ0n) is 9.18. The molecule has 0 spiro atoms. The summed E-state index contributed by atoms with van der Waals surface area (Å²) in [6.07, 6.45) is 0. The first-order valence-electron chi connectivity index (χ1n) is 5.37. The van der Waals surface area contributed by atoms with Crippen LogP contribution in [-0.2, 0) is 4.79 Å². The number of carbonyl (C=O) groups excluding carboxylic acids is 2. The largest absolute Gasteiger partial charge is 0.480 e. The minimum atomic E-state index is -1.07. The van der Waals surface area contributed by atoms with Crippen molar-refractivity contribution in [3.8, 4) is 0 Å². The Morgan fingerprint density at radius 3 is 2.94 bits per heavy atom. The van der Waals surface area contributed by atoms with Crippen molar-refractivity contribution >= 4 is 18.0 Å². The van der Waals surface area contributed by atoms with Crippen molar-refractivity contribution < 1.29 is 19.5 Å². The predicted molar refractivity (Wildman–Crippen MR) is 56.5 cm³/mol. The van der Waals surface area contributed by atoms with Gasteiger partial charge in [-0.3, -0.25) is 4.79 Å². The molecule has 94 valence electrons. The molecule has 0 aromatic carbocycles. The minimum absolute atomic E-state index is 0.00757. The quantitative estimate of drug-likeness (QED) is 0.548. The zero-order valence-corrected chi connectivity index (χ0v) is 9.18. The van der Waals surface area contributed by atoms with Crippen LogP contribution in [0.3, 0.4) is 0 Å². The number of fused-ring (bicyclic) bond motifs is 1. The van der Waals surface area contributed by atoms with Crippen molar-refractivity contribution in [1.29, 1.82) is 0 Å². The summed E-state index contributed by atoms with van der Waals surface area (Å²) in [6, 6.07) is -0.501. The first kappa shape index (κ1) is 11.5. The topological polar surface area (TPSA) is 102 Å². The lowest BCUT2D eigenvalue weighted by molar-refractivity contribution is -0.135. The van der Waals surface area contributed by atoms with Crippen LogP contribution in [-0.4, -0.2) is 71.7 Å². The minimum Gasteiger partial charge on any atom is -0.480 e. The Balaban J connectivity index is 1.86. The van der Waals surface area contributed by atoms with E-state index in [1.54, 1.807) is 4.90 Å². The fourth-order valence-electron chi connectivity index (χ4n) is 2.05. The first-order valence-corrected chi connectivity index (χ1v) is 5.37. The third kappa shape index (κ3) is 2.40. The molecule has 0 aromatic rings. The summed E-state index contributed by atoms with van der Waals surface area (Å²) in [5.41, 5.74) is 0. The number of carbonyl (C=O) groups is 3. The Morgan fingerprint density at radius 2 is 2.24 bits per heavy atom. The number of rotatable bonds is 2. The molecule has 1 atom stereocenters. The van der Waals surface area contributed by atoms with Crippen LogP contribution in [0.2, 0.25) is 0 Å². The number of carboxylic acid groups (broad SMARTS) is 1. The molecular formula is C9H14N4O4. The number of aliphatic carboxylic acids is 1. The molecule has 2 heterocycles. The van der Waals surface area contributed by atoms with Gasteiger partial charge in [0, 0.05) is 26.2 Å². The van der Waals surface area contributed by atoms with Gasteiger partial charge in [-0.25, -0.2) is 9.59 Å². The monoisotopic (exact) mass is 242 g/mol. The van der Waals surface area contributed by atoms with Crippen molar-refractivity contribution in [3.05, 3.63) is 0 Å². The molecule has 2 aliphatic rings. The SMILES string of the molecule is O=C(O)CNC(=O)N1CCN2C(=O)NCC2C1. The van der Waals surface area contributed by atoms with Crippen LogP contribution in [0.25, 0.3) is 0 Å². The number of hydrogen-bond acceptors (Lipinski definition) is 3.